The van der Waals surface area contributed by atoms with Gasteiger partial charge < -0.3 is 10.5 Å². The maximum Gasteiger partial charge on any atom is 0.0531 e. The van der Waals surface area contributed by atoms with Crippen molar-refractivity contribution in [3.63, 3.8) is 0 Å². The molecule has 0 amide bonds. The molecular formula is C8H17NO. The second-order valence-corrected chi connectivity index (χ2v) is 3.10. The van der Waals surface area contributed by atoms with Crippen LogP contribution in [0.15, 0.2) is 0 Å². The van der Waals surface area contributed by atoms with E-state index in [2.05, 4.69) is 6.92 Å². The van der Waals surface area contributed by atoms with Gasteiger partial charge in [-0.15, -0.1) is 0 Å². The van der Waals surface area contributed by atoms with E-state index in [1.54, 1.807) is 0 Å². The van der Waals surface area contributed by atoms with Gasteiger partial charge in [0.2, 0.25) is 0 Å². The molecule has 0 spiro atoms. The van der Waals surface area contributed by atoms with E-state index in [4.69, 9.17) is 10.5 Å². The molecule has 0 aromatic heterocycles. The Hall–Kier alpha value is -0.0800. The number of unbranched alkanes of at least 4 members (excludes halogenated alkanes) is 1. The third-order valence-corrected chi connectivity index (χ3v) is 2.16. The predicted molar refractivity (Wildman–Crippen MR) is 41.8 cm³/mol. The van der Waals surface area contributed by atoms with E-state index in [1.807, 2.05) is 0 Å². The van der Waals surface area contributed by atoms with Gasteiger partial charge in [0.25, 0.3) is 0 Å². The molecule has 1 aliphatic heterocycles. The second kappa shape index (κ2) is 3.94. The van der Waals surface area contributed by atoms with Crippen molar-refractivity contribution >= 4 is 0 Å². The molecule has 60 valence electrons. The average molecular weight is 143 g/mol. The van der Waals surface area contributed by atoms with Crippen molar-refractivity contribution in [3.05, 3.63) is 0 Å². The maximum atomic E-state index is 5.89. The highest BCUT2D eigenvalue weighted by Gasteiger charge is 2.24. The molecule has 1 aliphatic rings. The summed E-state index contributed by atoms with van der Waals surface area (Å²) in [6.45, 7) is 3.99. The second-order valence-electron chi connectivity index (χ2n) is 3.10. The first kappa shape index (κ1) is 8.02. The van der Waals surface area contributed by atoms with E-state index in [-0.39, 0.29) is 0 Å². The number of ether oxygens (including phenoxy) is 1. The summed E-state index contributed by atoms with van der Waals surface area (Å²) >= 11 is 0. The van der Waals surface area contributed by atoms with Crippen molar-refractivity contribution in [2.24, 2.45) is 11.7 Å². The minimum atomic E-state index is 0.397. The lowest BCUT2D eigenvalue weighted by atomic mass is 9.94. The Morgan fingerprint density at radius 3 is 2.70 bits per heavy atom. The van der Waals surface area contributed by atoms with Gasteiger partial charge in [0.15, 0.2) is 0 Å². The Morgan fingerprint density at radius 2 is 2.30 bits per heavy atom. The molecule has 1 heterocycles. The van der Waals surface area contributed by atoms with E-state index in [9.17, 15) is 0 Å². The monoisotopic (exact) mass is 143 g/mol. The molecule has 10 heavy (non-hydrogen) atoms. The SMILES string of the molecule is CCCCC(N)C1COC1. The molecule has 1 fully saturated rings. The molecule has 1 unspecified atom stereocenters. The van der Waals surface area contributed by atoms with Crippen molar-refractivity contribution in [1.82, 2.24) is 0 Å². The van der Waals surface area contributed by atoms with Crippen molar-refractivity contribution < 1.29 is 4.74 Å². The Kier molecular flexibility index (Phi) is 3.16. The number of rotatable bonds is 4. The van der Waals surface area contributed by atoms with Gasteiger partial charge in [0, 0.05) is 12.0 Å². The molecule has 1 rings (SSSR count). The molecule has 2 heteroatoms. The summed E-state index contributed by atoms with van der Waals surface area (Å²) < 4.78 is 5.06. The van der Waals surface area contributed by atoms with Gasteiger partial charge >= 0.3 is 0 Å². The summed E-state index contributed by atoms with van der Waals surface area (Å²) in [6.07, 6.45) is 3.68. The lowest BCUT2D eigenvalue weighted by molar-refractivity contribution is -0.0448. The van der Waals surface area contributed by atoms with E-state index >= 15 is 0 Å². The van der Waals surface area contributed by atoms with Crippen LogP contribution in [-0.4, -0.2) is 19.3 Å². The van der Waals surface area contributed by atoms with Gasteiger partial charge in [-0.1, -0.05) is 19.8 Å². The topological polar surface area (TPSA) is 35.2 Å². The van der Waals surface area contributed by atoms with Gasteiger partial charge in [-0.25, -0.2) is 0 Å². The van der Waals surface area contributed by atoms with Crippen molar-refractivity contribution in [1.29, 1.82) is 0 Å². The molecule has 0 bridgehead atoms. The van der Waals surface area contributed by atoms with Crippen molar-refractivity contribution in [2.45, 2.75) is 32.2 Å². The zero-order valence-electron chi connectivity index (χ0n) is 6.68. The fourth-order valence-electron chi connectivity index (χ4n) is 1.18. The number of hydrogen-bond donors (Lipinski definition) is 1. The third kappa shape index (κ3) is 1.96. The van der Waals surface area contributed by atoms with E-state index in [0.717, 1.165) is 13.2 Å². The highest BCUT2D eigenvalue weighted by Crippen LogP contribution is 2.16. The van der Waals surface area contributed by atoms with Crippen LogP contribution in [0.3, 0.4) is 0 Å². The maximum absolute atomic E-state index is 5.89. The van der Waals surface area contributed by atoms with Crippen LogP contribution in [0.1, 0.15) is 26.2 Å². The molecule has 0 aromatic carbocycles. The average Bonchev–Trinajstić information content (AvgIpc) is 1.79. The molecule has 2 nitrogen and oxygen atoms in total. The fraction of sp³-hybridized carbons (Fsp3) is 1.00. The van der Waals surface area contributed by atoms with Crippen molar-refractivity contribution in [2.75, 3.05) is 13.2 Å². The van der Waals surface area contributed by atoms with Crippen molar-refractivity contribution in [3.8, 4) is 0 Å². The van der Waals surface area contributed by atoms with Crippen LogP contribution >= 0.6 is 0 Å². The van der Waals surface area contributed by atoms with E-state index in [0.29, 0.717) is 12.0 Å². The van der Waals surface area contributed by atoms with Crippen LogP contribution in [-0.2, 0) is 4.74 Å². The summed E-state index contributed by atoms with van der Waals surface area (Å²) in [5.41, 5.74) is 5.89. The lowest BCUT2D eigenvalue weighted by Gasteiger charge is -2.31. The minimum absolute atomic E-state index is 0.397. The molecule has 0 saturated carbocycles. The summed E-state index contributed by atoms with van der Waals surface area (Å²) in [5, 5.41) is 0. The molecular weight excluding hydrogens is 126 g/mol. The van der Waals surface area contributed by atoms with E-state index in [1.165, 1.54) is 19.3 Å². The zero-order chi connectivity index (χ0) is 7.40. The zero-order valence-corrected chi connectivity index (χ0v) is 6.68. The van der Waals surface area contributed by atoms with Crippen LogP contribution in [0.4, 0.5) is 0 Å². The largest absolute Gasteiger partial charge is 0.381 e. The van der Waals surface area contributed by atoms with Gasteiger partial charge in [0.1, 0.15) is 0 Å². The van der Waals surface area contributed by atoms with Gasteiger partial charge in [0.05, 0.1) is 13.2 Å². The Balaban J connectivity index is 2.02. The lowest BCUT2D eigenvalue weighted by Crippen LogP contribution is -2.42. The summed E-state index contributed by atoms with van der Waals surface area (Å²) in [6, 6.07) is 0.397. The Morgan fingerprint density at radius 1 is 1.60 bits per heavy atom. The van der Waals surface area contributed by atoms with E-state index < -0.39 is 0 Å². The predicted octanol–water partition coefficient (Wildman–Crippen LogP) is 1.15. The Bertz CT molecular complexity index is 91.3. The fourth-order valence-corrected chi connectivity index (χ4v) is 1.18. The first-order valence-electron chi connectivity index (χ1n) is 4.18. The van der Waals surface area contributed by atoms with Crippen LogP contribution in [0.25, 0.3) is 0 Å². The van der Waals surface area contributed by atoms with Crippen LogP contribution in [0.5, 0.6) is 0 Å². The first-order valence-corrected chi connectivity index (χ1v) is 4.18. The molecule has 0 aromatic rings. The molecule has 0 radical (unpaired) electrons. The summed E-state index contributed by atoms with van der Waals surface area (Å²) in [7, 11) is 0. The number of hydrogen-bond acceptors (Lipinski definition) is 2. The minimum Gasteiger partial charge on any atom is -0.381 e. The van der Waals surface area contributed by atoms with Crippen LogP contribution in [0, 0.1) is 5.92 Å². The highest BCUT2D eigenvalue weighted by molar-refractivity contribution is 4.77. The molecule has 1 atom stereocenters. The normalized spacial score (nSPS) is 22.2. The standard InChI is InChI=1S/C8H17NO/c1-2-3-4-8(9)7-5-10-6-7/h7-8H,2-6,9H2,1H3. The Labute approximate surface area is 62.7 Å². The smallest absolute Gasteiger partial charge is 0.0531 e. The summed E-state index contributed by atoms with van der Waals surface area (Å²) in [5.74, 6) is 0.659. The highest BCUT2D eigenvalue weighted by atomic mass is 16.5. The molecule has 1 saturated heterocycles. The van der Waals surface area contributed by atoms with Gasteiger partial charge in [-0.2, -0.15) is 0 Å². The molecule has 0 aliphatic carbocycles. The van der Waals surface area contributed by atoms with Crippen LogP contribution < -0.4 is 5.73 Å². The van der Waals surface area contributed by atoms with Crippen LogP contribution in [0.2, 0.25) is 0 Å². The molecule has 2 N–H and O–H groups in total. The number of nitrogens with two attached hydrogens (primary N) is 1. The van der Waals surface area contributed by atoms with Gasteiger partial charge in [-0.3, -0.25) is 0 Å². The third-order valence-electron chi connectivity index (χ3n) is 2.16. The quantitative estimate of drug-likeness (QED) is 0.640. The summed E-state index contributed by atoms with van der Waals surface area (Å²) in [4.78, 5) is 0. The first-order chi connectivity index (χ1) is 4.84. The van der Waals surface area contributed by atoms with Gasteiger partial charge in [-0.05, 0) is 6.42 Å².